The van der Waals surface area contributed by atoms with Gasteiger partial charge in [0.2, 0.25) is 0 Å². The SMILES string of the molecule is COC(=O)C[C@@]1(NCc2ccccc2)O[C@@H]([C@@H](C)OC)[C@H]2OC(C)(C)O[C@H]21. The summed E-state index contributed by atoms with van der Waals surface area (Å²) in [6, 6.07) is 9.92. The second-order valence-corrected chi connectivity index (χ2v) is 7.53. The summed E-state index contributed by atoms with van der Waals surface area (Å²) >= 11 is 0. The van der Waals surface area contributed by atoms with E-state index in [1.54, 1.807) is 7.11 Å². The van der Waals surface area contributed by atoms with E-state index in [1.165, 1.54) is 7.11 Å². The van der Waals surface area contributed by atoms with Crippen molar-refractivity contribution in [2.75, 3.05) is 14.2 Å². The number of esters is 1. The maximum atomic E-state index is 12.2. The fraction of sp³-hybridized carbons (Fsp3) is 0.650. The van der Waals surface area contributed by atoms with Gasteiger partial charge in [0.1, 0.15) is 18.3 Å². The minimum absolute atomic E-state index is 0.00384. The van der Waals surface area contributed by atoms with Crippen LogP contribution in [-0.2, 0) is 35.0 Å². The molecule has 2 aliphatic heterocycles. The molecule has 150 valence electrons. The van der Waals surface area contributed by atoms with Gasteiger partial charge in [-0.15, -0.1) is 0 Å². The van der Waals surface area contributed by atoms with Crippen LogP contribution in [0, 0.1) is 0 Å². The molecule has 3 rings (SSSR count). The van der Waals surface area contributed by atoms with Gasteiger partial charge in [-0.1, -0.05) is 30.3 Å². The lowest BCUT2D eigenvalue weighted by Crippen LogP contribution is -2.56. The Morgan fingerprint density at radius 1 is 1.19 bits per heavy atom. The van der Waals surface area contributed by atoms with Crippen LogP contribution in [0.3, 0.4) is 0 Å². The number of rotatable bonds is 7. The van der Waals surface area contributed by atoms with Crippen molar-refractivity contribution in [2.24, 2.45) is 0 Å². The molecule has 0 radical (unpaired) electrons. The van der Waals surface area contributed by atoms with Crippen LogP contribution >= 0.6 is 0 Å². The zero-order chi connectivity index (χ0) is 19.7. The summed E-state index contributed by atoms with van der Waals surface area (Å²) in [4.78, 5) is 12.2. The van der Waals surface area contributed by atoms with Crippen molar-refractivity contribution in [3.8, 4) is 0 Å². The lowest BCUT2D eigenvalue weighted by molar-refractivity contribution is -0.230. The zero-order valence-corrected chi connectivity index (χ0v) is 16.6. The van der Waals surface area contributed by atoms with Crippen LogP contribution in [0.15, 0.2) is 30.3 Å². The van der Waals surface area contributed by atoms with Gasteiger partial charge in [-0.3, -0.25) is 10.1 Å². The zero-order valence-electron chi connectivity index (χ0n) is 16.6. The Hall–Kier alpha value is -1.51. The van der Waals surface area contributed by atoms with Gasteiger partial charge in [0.25, 0.3) is 0 Å². The third-order valence-corrected chi connectivity index (χ3v) is 5.16. The molecule has 7 heteroatoms. The quantitative estimate of drug-likeness (QED) is 0.726. The summed E-state index contributed by atoms with van der Waals surface area (Å²) in [5.41, 5.74) is 0.00190. The molecule has 2 fully saturated rings. The maximum Gasteiger partial charge on any atom is 0.309 e. The molecule has 2 aliphatic rings. The monoisotopic (exact) mass is 379 g/mol. The predicted molar refractivity (Wildman–Crippen MR) is 97.8 cm³/mol. The van der Waals surface area contributed by atoms with Gasteiger partial charge >= 0.3 is 5.97 Å². The molecule has 0 spiro atoms. The molecule has 0 aliphatic carbocycles. The van der Waals surface area contributed by atoms with Crippen molar-refractivity contribution < 1.29 is 28.5 Å². The lowest BCUT2D eigenvalue weighted by Gasteiger charge is -2.35. The highest BCUT2D eigenvalue weighted by Gasteiger charge is 2.64. The molecule has 0 bridgehead atoms. The number of ether oxygens (including phenoxy) is 5. The molecular formula is C20H29NO6. The first-order valence-corrected chi connectivity index (χ1v) is 9.22. The number of methoxy groups -OCH3 is 2. The highest BCUT2D eigenvalue weighted by molar-refractivity contribution is 5.70. The number of fused-ring (bicyclic) bond motifs is 1. The smallest absolute Gasteiger partial charge is 0.309 e. The van der Waals surface area contributed by atoms with Gasteiger partial charge in [-0.2, -0.15) is 0 Å². The fourth-order valence-corrected chi connectivity index (χ4v) is 3.75. The molecule has 1 aromatic rings. The Labute approximate surface area is 160 Å². The molecule has 0 unspecified atom stereocenters. The number of benzene rings is 1. The molecule has 0 aromatic heterocycles. The molecular weight excluding hydrogens is 350 g/mol. The minimum atomic E-state index is -1.07. The molecule has 1 aromatic carbocycles. The summed E-state index contributed by atoms with van der Waals surface area (Å²) in [6.45, 7) is 6.15. The Morgan fingerprint density at radius 2 is 1.89 bits per heavy atom. The van der Waals surface area contributed by atoms with Gasteiger partial charge in [0, 0.05) is 13.7 Å². The number of hydrogen-bond donors (Lipinski definition) is 1. The van der Waals surface area contributed by atoms with E-state index in [-0.39, 0.29) is 30.7 Å². The summed E-state index contributed by atoms with van der Waals surface area (Å²) in [6.07, 6.45) is -1.44. The van der Waals surface area contributed by atoms with E-state index in [0.717, 1.165) is 5.56 Å². The summed E-state index contributed by atoms with van der Waals surface area (Å²) in [7, 11) is 2.99. The third-order valence-electron chi connectivity index (χ3n) is 5.16. The van der Waals surface area contributed by atoms with Crippen LogP contribution in [0.25, 0.3) is 0 Å². The van der Waals surface area contributed by atoms with E-state index in [2.05, 4.69) is 5.32 Å². The van der Waals surface area contributed by atoms with Crippen LogP contribution in [-0.4, -0.2) is 56.1 Å². The van der Waals surface area contributed by atoms with Gasteiger partial charge in [-0.05, 0) is 26.3 Å². The maximum absolute atomic E-state index is 12.2. The normalized spacial score (nSPS) is 32.9. The number of hydrogen-bond acceptors (Lipinski definition) is 7. The van der Waals surface area contributed by atoms with Crippen LogP contribution in [0.1, 0.15) is 32.8 Å². The first-order valence-electron chi connectivity index (χ1n) is 9.22. The van der Waals surface area contributed by atoms with E-state index in [9.17, 15) is 4.79 Å². The Kier molecular flexibility index (Phi) is 5.88. The molecule has 0 amide bonds. The molecule has 0 saturated carbocycles. The predicted octanol–water partition coefficient (Wildman–Crippen LogP) is 1.99. The Balaban J connectivity index is 1.91. The van der Waals surface area contributed by atoms with Crippen LogP contribution in [0.5, 0.6) is 0 Å². The molecule has 2 heterocycles. The van der Waals surface area contributed by atoms with Crippen molar-refractivity contribution in [1.82, 2.24) is 5.32 Å². The third kappa shape index (κ3) is 4.17. The van der Waals surface area contributed by atoms with Gasteiger partial charge in [0.15, 0.2) is 11.5 Å². The average molecular weight is 379 g/mol. The summed E-state index contributed by atoms with van der Waals surface area (Å²) in [5.74, 6) is -1.16. The van der Waals surface area contributed by atoms with Crippen molar-refractivity contribution in [3.63, 3.8) is 0 Å². The van der Waals surface area contributed by atoms with Gasteiger partial charge in [-0.25, -0.2) is 0 Å². The van der Waals surface area contributed by atoms with Crippen molar-refractivity contribution in [3.05, 3.63) is 35.9 Å². The van der Waals surface area contributed by atoms with Gasteiger partial charge < -0.3 is 23.7 Å². The summed E-state index contributed by atoms with van der Waals surface area (Å²) < 4.78 is 29.1. The first kappa shape index (κ1) is 20.2. The average Bonchev–Trinajstić information content (AvgIpc) is 3.12. The van der Waals surface area contributed by atoms with Crippen LogP contribution in [0.2, 0.25) is 0 Å². The number of carbonyl (C=O) groups is 1. The van der Waals surface area contributed by atoms with Crippen LogP contribution in [0.4, 0.5) is 0 Å². The van der Waals surface area contributed by atoms with Crippen molar-refractivity contribution in [1.29, 1.82) is 0 Å². The first-order chi connectivity index (χ1) is 12.8. The van der Waals surface area contributed by atoms with E-state index in [4.69, 9.17) is 23.7 Å². The molecule has 7 nitrogen and oxygen atoms in total. The molecule has 1 N–H and O–H groups in total. The Bertz CT molecular complexity index is 651. The van der Waals surface area contributed by atoms with E-state index >= 15 is 0 Å². The standard InChI is InChI=1S/C20H29NO6/c1-13(23-4)16-17-18(27-19(2,3)25-17)20(26-16,11-15(22)24-5)21-12-14-9-7-6-8-10-14/h6-10,13,16-18,21H,11-12H2,1-5H3/t13-,16+,17-,18-,20-/m1/s1. The highest BCUT2D eigenvalue weighted by Crippen LogP contribution is 2.46. The number of carbonyl (C=O) groups excluding carboxylic acids is 1. The van der Waals surface area contributed by atoms with Gasteiger partial charge in [0.05, 0.1) is 19.6 Å². The molecule has 27 heavy (non-hydrogen) atoms. The van der Waals surface area contributed by atoms with E-state index in [0.29, 0.717) is 6.54 Å². The van der Waals surface area contributed by atoms with E-state index < -0.39 is 17.6 Å². The summed E-state index contributed by atoms with van der Waals surface area (Å²) in [5, 5.41) is 3.41. The van der Waals surface area contributed by atoms with E-state index in [1.807, 2.05) is 51.1 Å². The van der Waals surface area contributed by atoms with Crippen molar-refractivity contribution >= 4 is 5.97 Å². The fourth-order valence-electron chi connectivity index (χ4n) is 3.75. The highest BCUT2D eigenvalue weighted by atomic mass is 16.8. The van der Waals surface area contributed by atoms with Crippen LogP contribution < -0.4 is 5.32 Å². The number of nitrogens with one attached hydrogen (secondary N) is 1. The topological polar surface area (TPSA) is 75.3 Å². The molecule has 2 saturated heterocycles. The largest absolute Gasteiger partial charge is 0.469 e. The molecule has 5 atom stereocenters. The Morgan fingerprint density at radius 3 is 2.52 bits per heavy atom. The lowest BCUT2D eigenvalue weighted by atomic mass is 9.97. The minimum Gasteiger partial charge on any atom is -0.469 e. The van der Waals surface area contributed by atoms with Crippen molar-refractivity contribution in [2.45, 2.75) is 69.7 Å². The second-order valence-electron chi connectivity index (χ2n) is 7.53. The second kappa shape index (κ2) is 7.85.